The molecule has 12 rings (SSSR count). The van der Waals surface area contributed by atoms with E-state index in [-0.39, 0.29) is 42.1 Å². The van der Waals surface area contributed by atoms with Gasteiger partial charge in [-0.05, 0) is 105 Å². The highest BCUT2D eigenvalue weighted by Crippen LogP contribution is 2.68. The summed E-state index contributed by atoms with van der Waals surface area (Å²) in [6.07, 6.45) is 6.91. The lowest BCUT2D eigenvalue weighted by Crippen LogP contribution is -2.81. The molecule has 3 fully saturated rings. The number of aromatic nitrogens is 5. The first-order chi connectivity index (χ1) is 43.9. The van der Waals surface area contributed by atoms with Gasteiger partial charge in [0.05, 0.1) is 51.4 Å². The van der Waals surface area contributed by atoms with Gasteiger partial charge in [0.25, 0.3) is 5.91 Å². The Morgan fingerprint density at radius 1 is 0.902 bits per heavy atom. The van der Waals surface area contributed by atoms with E-state index < -0.39 is 81.4 Å². The van der Waals surface area contributed by atoms with Crippen LogP contribution in [0, 0.1) is 11.3 Å². The number of fused-ring (bicyclic) bond motifs is 7. The Labute approximate surface area is 531 Å². The summed E-state index contributed by atoms with van der Waals surface area (Å²) in [5, 5.41) is 46.6. The van der Waals surface area contributed by atoms with Crippen LogP contribution >= 0.6 is 0 Å². The smallest absolute Gasteiger partial charge is 0.344 e. The Balaban J connectivity index is 0.000000223. The first-order valence-corrected chi connectivity index (χ1v) is 31.0. The molecule has 5 aliphatic heterocycles. The van der Waals surface area contributed by atoms with Crippen molar-refractivity contribution in [3.8, 4) is 5.75 Å². The summed E-state index contributed by atoms with van der Waals surface area (Å²) < 4.78 is 23.9. The van der Waals surface area contributed by atoms with Gasteiger partial charge in [-0.15, -0.1) is 0 Å². The van der Waals surface area contributed by atoms with Crippen LogP contribution in [-0.2, 0) is 62.0 Å². The van der Waals surface area contributed by atoms with Gasteiger partial charge < -0.3 is 70.9 Å². The second kappa shape index (κ2) is 24.6. The van der Waals surface area contributed by atoms with Gasteiger partial charge in [-0.1, -0.05) is 44.2 Å². The van der Waals surface area contributed by atoms with E-state index in [9.17, 15) is 39.3 Å². The number of aliphatic hydroxyl groups is 2. The third kappa shape index (κ3) is 10.6. The molecule has 6 aliphatic rings. The van der Waals surface area contributed by atoms with Crippen LogP contribution in [0.15, 0.2) is 79.0 Å². The number of esters is 3. The van der Waals surface area contributed by atoms with Crippen LogP contribution in [-0.4, -0.2) is 194 Å². The van der Waals surface area contributed by atoms with Crippen molar-refractivity contribution in [2.45, 2.75) is 125 Å². The summed E-state index contributed by atoms with van der Waals surface area (Å²) >= 11 is 0. The third-order valence-corrected chi connectivity index (χ3v) is 20.3. The van der Waals surface area contributed by atoms with Crippen LogP contribution in [0.2, 0.25) is 0 Å². The summed E-state index contributed by atoms with van der Waals surface area (Å²) in [5.74, 6) is -4.47. The lowest BCUT2D eigenvalue weighted by Gasteiger charge is -2.63. The lowest BCUT2D eigenvalue weighted by molar-refractivity contribution is -0.228. The van der Waals surface area contributed by atoms with Gasteiger partial charge in [0.15, 0.2) is 23.1 Å². The average molecular weight is 1270 g/mol. The van der Waals surface area contributed by atoms with Crippen molar-refractivity contribution < 1.29 is 68.1 Å². The number of nitrogens with two attached hydrogens (primary N) is 2. The number of nitrogens with zero attached hydrogens (tertiary/aromatic N) is 8. The predicted octanol–water partition coefficient (Wildman–Crippen LogP) is 4.26. The Morgan fingerprint density at radius 2 is 1.64 bits per heavy atom. The van der Waals surface area contributed by atoms with Crippen molar-refractivity contribution in [2.75, 3.05) is 89.4 Å². The molecule has 92 heavy (non-hydrogen) atoms. The number of likely N-dealkylation sites (N-methyl/N-ethyl adjacent to an activating group) is 1. The third-order valence-electron chi connectivity index (χ3n) is 20.3. The van der Waals surface area contributed by atoms with Crippen molar-refractivity contribution in [3.63, 3.8) is 0 Å². The highest BCUT2D eigenvalue weighted by atomic mass is 16.6. The number of aromatic amines is 1. The minimum atomic E-state index is -2.30. The Bertz CT molecular complexity index is 3940. The number of ether oxygens (including phenoxy) is 4. The molecule has 0 radical (unpaired) electrons. The molecule has 26 nitrogen and oxygen atoms in total. The summed E-state index contributed by atoms with van der Waals surface area (Å²) in [4.78, 5) is 106. The first-order valence-electron chi connectivity index (χ1n) is 31.0. The maximum atomic E-state index is 15.3. The monoisotopic (exact) mass is 1260 g/mol. The normalized spacial score (nSPS) is 27.9. The van der Waals surface area contributed by atoms with Crippen LogP contribution in [0.3, 0.4) is 0 Å². The summed E-state index contributed by atoms with van der Waals surface area (Å²) in [6.45, 7) is 8.99. The number of hydrogen-bond acceptors (Lipinski definition) is 22. The van der Waals surface area contributed by atoms with Gasteiger partial charge in [0, 0.05) is 116 Å². The zero-order valence-electron chi connectivity index (χ0n) is 52.9. The van der Waals surface area contributed by atoms with E-state index in [0.29, 0.717) is 106 Å². The largest absolute Gasteiger partial charge is 0.496 e. The minimum Gasteiger partial charge on any atom is -0.496 e. The SMILES string of the molecule is CC[C@]1(O)C[C@@H]2C[N@@](CCc3c([nH]c4ccccc34)[C@@](C(=O)OC)(c3cc4c(cc3OC)N(C)[C@H]3[C@@](O)(C(=O)OC)[C@H](OC(C)=O)[C@]5(CC)C=CCN6CC[C@]43[C@@H]65)C2)C1.CN(Cc1cnc2nc(N)nc(N)c2n1)c1ccc(C(=O)N[C@@H](CCC(=O)O)C(=O)O)cc1. The molecule has 26 heteroatoms. The van der Waals surface area contributed by atoms with Crippen molar-refractivity contribution in [1.29, 1.82) is 0 Å². The van der Waals surface area contributed by atoms with Gasteiger partial charge >= 0.3 is 29.8 Å². The topological polar surface area (TPSA) is 365 Å². The number of piperidine rings is 1. The quantitative estimate of drug-likeness (QED) is 0.0381. The minimum absolute atomic E-state index is 0.0138. The molecule has 2 saturated heterocycles. The molecule has 6 aromatic rings. The number of carboxylic acids is 2. The van der Waals surface area contributed by atoms with Crippen LogP contribution in [0.5, 0.6) is 5.75 Å². The van der Waals surface area contributed by atoms with E-state index in [2.05, 4.69) is 64.3 Å². The standard InChI is InChI=1S/C46H58N4O9.C20H22N8O5/c1-8-42(54)23-28-24-45(40(52)57-6,36-30(15-19-49(25-28)26-42)29-13-10-11-14-33(29)47-36)32-21-31-34(22-35(32)56-5)48(4)38-44(31)17-20-50-18-12-16-43(9-2,37(44)50)39(59-27(3)51)46(38,55)41(53)58-7;1-28(9-11-8-23-17-15(24-11)16(21)26-20(22)27-17)12-4-2-10(3-5-12)18(31)25-13(19(32)33)6-7-14(29)30/h10-14,16,21-22,28,37-39,47,54-55H,8-9,15,17-20,23-26H2,1-7H3;2-5,8,13H,6-7,9H2,1H3,(H,25,31)(H,29,30)(H,32,33)(H4,21,22,23,26,27)/t28-,37-,38+,39+,42-,43+,44+,45-,46-;13-/m00/s1. The van der Waals surface area contributed by atoms with E-state index in [4.69, 9.17) is 35.5 Å². The number of carboxylic acid groups (broad SMARTS) is 2. The number of H-pyrrole nitrogens is 1. The molecular formula is C66H80N12O14. The fourth-order valence-corrected chi connectivity index (χ4v) is 16.5. The number of amides is 1. The van der Waals surface area contributed by atoms with Crippen molar-refractivity contribution in [2.24, 2.45) is 11.3 Å². The molecule has 3 aromatic carbocycles. The van der Waals surface area contributed by atoms with Gasteiger partial charge in [-0.25, -0.2) is 19.6 Å². The van der Waals surface area contributed by atoms with Gasteiger partial charge in [-0.3, -0.25) is 29.0 Å². The van der Waals surface area contributed by atoms with Crippen LogP contribution in [0.25, 0.3) is 22.1 Å². The van der Waals surface area contributed by atoms with Crippen molar-refractivity contribution in [1.82, 2.24) is 40.0 Å². The molecule has 8 heterocycles. The molecule has 11 atom stereocenters. The van der Waals surface area contributed by atoms with E-state index in [0.717, 1.165) is 39.1 Å². The highest BCUT2D eigenvalue weighted by molar-refractivity contribution is 5.97. The zero-order chi connectivity index (χ0) is 66.0. The second-order valence-corrected chi connectivity index (χ2v) is 25.4. The number of carbonyl (C=O) groups excluding carboxylic acids is 4. The number of nitrogen functional groups attached to an aromatic ring is 2. The molecule has 3 aromatic heterocycles. The predicted molar refractivity (Wildman–Crippen MR) is 339 cm³/mol. The van der Waals surface area contributed by atoms with Crippen molar-refractivity contribution in [3.05, 3.63) is 113 Å². The van der Waals surface area contributed by atoms with E-state index in [1.807, 2.05) is 62.0 Å². The molecule has 1 amide bonds. The van der Waals surface area contributed by atoms with Crippen LogP contribution in [0.1, 0.15) is 104 Å². The van der Waals surface area contributed by atoms with E-state index in [1.165, 1.54) is 33.3 Å². The first kappa shape index (κ1) is 64.5. The maximum Gasteiger partial charge on any atom is 0.344 e. The Morgan fingerprint density at radius 3 is 2.32 bits per heavy atom. The second-order valence-electron chi connectivity index (χ2n) is 25.4. The maximum absolute atomic E-state index is 15.3. The number of nitrogens with one attached hydrogen (secondary N) is 2. The molecule has 1 saturated carbocycles. The average Bonchev–Trinajstić information content (AvgIpc) is 1.44. The number of carbonyl (C=O) groups is 6. The molecule has 1 spiro atoms. The number of hydrogen-bond donors (Lipinski definition) is 8. The summed E-state index contributed by atoms with van der Waals surface area (Å²) in [5.41, 5.74) is 12.0. The molecule has 1 aliphatic carbocycles. The fraction of sp³-hybridized carbons (Fsp3) is 0.485. The summed E-state index contributed by atoms with van der Waals surface area (Å²) in [6, 6.07) is 16.1. The van der Waals surface area contributed by atoms with Crippen molar-refractivity contribution >= 4 is 81.0 Å². The fourth-order valence-electron chi connectivity index (χ4n) is 16.5. The van der Waals surface area contributed by atoms with Gasteiger partial charge in [-0.2, -0.15) is 9.97 Å². The zero-order valence-corrected chi connectivity index (χ0v) is 52.9. The van der Waals surface area contributed by atoms with Gasteiger partial charge in [0.2, 0.25) is 11.5 Å². The molecule has 488 valence electrons. The molecular weight excluding hydrogens is 1180 g/mol. The number of rotatable bonds is 16. The Hall–Kier alpha value is -8.98. The number of methoxy groups -OCH3 is 3. The number of anilines is 4. The number of benzene rings is 3. The molecule has 10 N–H and O–H groups in total. The number of para-hydroxylation sites is 1. The van der Waals surface area contributed by atoms with Crippen LogP contribution in [0.4, 0.5) is 23.1 Å². The van der Waals surface area contributed by atoms with Gasteiger partial charge in [0.1, 0.15) is 17.2 Å². The number of aliphatic carboxylic acids is 2. The lowest BCUT2D eigenvalue weighted by atomic mass is 9.47. The highest BCUT2D eigenvalue weighted by Gasteiger charge is 2.80. The molecule has 2 bridgehead atoms. The van der Waals surface area contributed by atoms with E-state index >= 15 is 4.79 Å². The summed E-state index contributed by atoms with van der Waals surface area (Å²) in [7, 11) is 7.97. The van der Waals surface area contributed by atoms with Crippen LogP contribution < -0.4 is 31.3 Å². The van der Waals surface area contributed by atoms with E-state index in [1.54, 1.807) is 25.4 Å². The Kier molecular flexibility index (Phi) is 17.2. The molecule has 0 unspecified atom stereocenters.